The van der Waals surface area contributed by atoms with Gasteiger partial charge in [-0.2, -0.15) is 0 Å². The minimum Gasteiger partial charge on any atom is -0.465 e. The van der Waals surface area contributed by atoms with Gasteiger partial charge in [-0.05, 0) is 32.4 Å². The van der Waals surface area contributed by atoms with Gasteiger partial charge in [0, 0.05) is 6.54 Å². The van der Waals surface area contributed by atoms with Gasteiger partial charge in [-0.25, -0.2) is 5.43 Å². The molecule has 2 aliphatic rings. The Kier molecular flexibility index (Phi) is 4.57. The predicted octanol–water partition coefficient (Wildman–Crippen LogP) is 1.53. The van der Waals surface area contributed by atoms with Gasteiger partial charge in [-0.3, -0.25) is 14.6 Å². The summed E-state index contributed by atoms with van der Waals surface area (Å²) in [4.78, 5) is 26.0. The van der Waals surface area contributed by atoms with Crippen LogP contribution in [0.4, 0.5) is 0 Å². The van der Waals surface area contributed by atoms with Crippen molar-refractivity contribution in [2.45, 2.75) is 32.9 Å². The molecule has 1 aromatic carbocycles. The van der Waals surface area contributed by atoms with Gasteiger partial charge in [0.2, 0.25) is 0 Å². The number of hydrogen-bond donors (Lipinski definition) is 1. The Bertz CT molecular complexity index is 669. The van der Waals surface area contributed by atoms with Crippen LogP contribution in [-0.4, -0.2) is 47.5 Å². The zero-order chi connectivity index (χ0) is 17.3. The summed E-state index contributed by atoms with van der Waals surface area (Å²) in [6.07, 6.45) is 1.93. The summed E-state index contributed by atoms with van der Waals surface area (Å²) >= 11 is 0. The fourth-order valence-corrected chi connectivity index (χ4v) is 3.12. The third kappa shape index (κ3) is 3.14. The summed E-state index contributed by atoms with van der Waals surface area (Å²) in [6, 6.07) is 8.30. The Hall–Kier alpha value is -2.34. The molecule has 1 amide bonds. The van der Waals surface area contributed by atoms with Gasteiger partial charge in [0.05, 0.1) is 18.7 Å². The second kappa shape index (κ2) is 6.65. The lowest BCUT2D eigenvalue weighted by atomic mass is 10.1. The monoisotopic (exact) mass is 329 g/mol. The zero-order valence-corrected chi connectivity index (χ0v) is 14.3. The zero-order valence-electron chi connectivity index (χ0n) is 14.3. The van der Waals surface area contributed by atoms with Crippen LogP contribution in [0, 0.1) is 6.92 Å². The standard InChI is InChI=1S/C18H23N3O3/c1-4-24-17(22)11-20-10-13(3)21-16(18(20)23)9-15(19-21)14-7-5-12(2)6-8-14/h5-9,13,15,19H,4,10-11H2,1-3H3. The van der Waals surface area contributed by atoms with E-state index >= 15 is 0 Å². The van der Waals surface area contributed by atoms with E-state index in [0.717, 1.165) is 5.56 Å². The van der Waals surface area contributed by atoms with Gasteiger partial charge >= 0.3 is 5.97 Å². The first-order valence-corrected chi connectivity index (χ1v) is 8.28. The number of hydrogen-bond acceptors (Lipinski definition) is 5. The number of aryl methyl sites for hydroxylation is 1. The molecule has 1 fully saturated rings. The van der Waals surface area contributed by atoms with Crippen molar-refractivity contribution in [3.63, 3.8) is 0 Å². The van der Waals surface area contributed by atoms with Crippen LogP contribution in [0.25, 0.3) is 0 Å². The smallest absolute Gasteiger partial charge is 0.325 e. The Morgan fingerprint density at radius 2 is 2.04 bits per heavy atom. The molecule has 3 rings (SSSR count). The van der Waals surface area contributed by atoms with Crippen molar-refractivity contribution in [3.05, 3.63) is 47.2 Å². The maximum absolute atomic E-state index is 12.7. The van der Waals surface area contributed by atoms with Crippen LogP contribution in [0.3, 0.4) is 0 Å². The second-order valence-corrected chi connectivity index (χ2v) is 6.28. The molecule has 24 heavy (non-hydrogen) atoms. The molecular formula is C18H23N3O3. The number of fused-ring (bicyclic) bond motifs is 1. The lowest BCUT2D eigenvalue weighted by Gasteiger charge is -2.39. The Morgan fingerprint density at radius 1 is 1.33 bits per heavy atom. The van der Waals surface area contributed by atoms with E-state index in [1.54, 1.807) is 11.8 Å². The number of carbonyl (C=O) groups is 2. The number of hydrazine groups is 1. The molecule has 6 heteroatoms. The molecule has 6 nitrogen and oxygen atoms in total. The highest BCUT2D eigenvalue weighted by molar-refractivity contribution is 5.96. The molecule has 0 spiro atoms. The van der Waals surface area contributed by atoms with Crippen molar-refractivity contribution in [1.82, 2.24) is 15.3 Å². The van der Waals surface area contributed by atoms with Gasteiger partial charge in [0.1, 0.15) is 12.2 Å². The molecule has 0 saturated carbocycles. The van der Waals surface area contributed by atoms with Crippen LogP contribution in [0.1, 0.15) is 31.0 Å². The normalized spacial score (nSPS) is 23.1. The number of ether oxygens (including phenoxy) is 1. The van der Waals surface area contributed by atoms with Gasteiger partial charge in [0.25, 0.3) is 5.91 Å². The Morgan fingerprint density at radius 3 is 2.71 bits per heavy atom. The van der Waals surface area contributed by atoms with E-state index < -0.39 is 0 Å². The molecule has 2 aliphatic heterocycles. The SMILES string of the molecule is CCOC(=O)CN1CC(C)N2NC(c3ccc(C)cc3)C=C2C1=O. The fraction of sp³-hybridized carbons (Fsp3) is 0.444. The quantitative estimate of drug-likeness (QED) is 0.849. The fourth-order valence-electron chi connectivity index (χ4n) is 3.12. The molecule has 0 aromatic heterocycles. The highest BCUT2D eigenvalue weighted by Crippen LogP contribution is 2.30. The molecule has 1 aromatic rings. The number of benzene rings is 1. The molecule has 2 heterocycles. The summed E-state index contributed by atoms with van der Waals surface area (Å²) in [5, 5.41) is 1.91. The number of nitrogens with zero attached hydrogens (tertiary/aromatic N) is 2. The highest BCUT2D eigenvalue weighted by Gasteiger charge is 2.39. The molecular weight excluding hydrogens is 306 g/mol. The maximum atomic E-state index is 12.7. The van der Waals surface area contributed by atoms with E-state index in [1.807, 2.05) is 24.9 Å². The number of nitrogens with one attached hydrogen (secondary N) is 1. The highest BCUT2D eigenvalue weighted by atomic mass is 16.5. The first-order chi connectivity index (χ1) is 11.5. The van der Waals surface area contributed by atoms with E-state index in [-0.39, 0.29) is 30.5 Å². The van der Waals surface area contributed by atoms with Crippen LogP contribution >= 0.6 is 0 Å². The predicted molar refractivity (Wildman–Crippen MR) is 89.7 cm³/mol. The summed E-state index contributed by atoms with van der Waals surface area (Å²) in [6.45, 7) is 6.65. The van der Waals surface area contributed by atoms with Crippen LogP contribution in [0.2, 0.25) is 0 Å². The average Bonchev–Trinajstić information content (AvgIpc) is 2.99. The molecule has 2 unspecified atom stereocenters. The van der Waals surface area contributed by atoms with Gasteiger partial charge in [-0.15, -0.1) is 0 Å². The van der Waals surface area contributed by atoms with E-state index in [0.29, 0.717) is 18.8 Å². The van der Waals surface area contributed by atoms with E-state index in [1.165, 1.54) is 5.56 Å². The molecule has 1 saturated heterocycles. The molecule has 128 valence electrons. The largest absolute Gasteiger partial charge is 0.465 e. The van der Waals surface area contributed by atoms with Crippen LogP contribution in [-0.2, 0) is 14.3 Å². The third-order valence-electron chi connectivity index (χ3n) is 4.36. The van der Waals surface area contributed by atoms with Crippen molar-refractivity contribution >= 4 is 11.9 Å². The molecule has 1 N–H and O–H groups in total. The van der Waals surface area contributed by atoms with Crippen molar-refractivity contribution in [2.24, 2.45) is 0 Å². The second-order valence-electron chi connectivity index (χ2n) is 6.28. The van der Waals surface area contributed by atoms with Gasteiger partial charge in [0.15, 0.2) is 0 Å². The van der Waals surface area contributed by atoms with Gasteiger partial charge < -0.3 is 9.64 Å². The number of esters is 1. The van der Waals surface area contributed by atoms with Crippen molar-refractivity contribution in [1.29, 1.82) is 0 Å². The number of amides is 1. The van der Waals surface area contributed by atoms with Gasteiger partial charge in [-0.1, -0.05) is 29.8 Å². The summed E-state index contributed by atoms with van der Waals surface area (Å²) in [5.41, 5.74) is 6.30. The molecule has 2 atom stereocenters. The van der Waals surface area contributed by atoms with Crippen LogP contribution < -0.4 is 5.43 Å². The van der Waals surface area contributed by atoms with E-state index in [9.17, 15) is 9.59 Å². The summed E-state index contributed by atoms with van der Waals surface area (Å²) in [7, 11) is 0. The average molecular weight is 329 g/mol. The summed E-state index contributed by atoms with van der Waals surface area (Å²) in [5.74, 6) is -0.503. The van der Waals surface area contributed by atoms with E-state index in [4.69, 9.17) is 4.74 Å². The van der Waals surface area contributed by atoms with Crippen molar-refractivity contribution < 1.29 is 14.3 Å². The first-order valence-electron chi connectivity index (χ1n) is 8.28. The molecule has 0 aliphatic carbocycles. The minimum atomic E-state index is -0.367. The van der Waals surface area contributed by atoms with Crippen molar-refractivity contribution in [3.8, 4) is 0 Å². The summed E-state index contributed by atoms with van der Waals surface area (Å²) < 4.78 is 4.96. The lowest BCUT2D eigenvalue weighted by molar-refractivity contribution is -0.150. The lowest BCUT2D eigenvalue weighted by Crippen LogP contribution is -2.56. The minimum absolute atomic E-state index is 0.00259. The number of rotatable bonds is 4. The Balaban J connectivity index is 1.78. The number of carbonyl (C=O) groups excluding carboxylic acids is 2. The topological polar surface area (TPSA) is 61.9 Å². The molecule has 0 bridgehead atoms. The number of piperazine rings is 1. The van der Waals surface area contributed by atoms with Crippen LogP contribution in [0.15, 0.2) is 36.0 Å². The van der Waals surface area contributed by atoms with Crippen molar-refractivity contribution in [2.75, 3.05) is 19.7 Å². The maximum Gasteiger partial charge on any atom is 0.325 e. The van der Waals surface area contributed by atoms with Crippen LogP contribution in [0.5, 0.6) is 0 Å². The van der Waals surface area contributed by atoms with E-state index in [2.05, 4.69) is 29.7 Å². The molecule has 0 radical (unpaired) electrons. The third-order valence-corrected chi connectivity index (χ3v) is 4.36. The Labute approximate surface area is 142 Å². The first kappa shape index (κ1) is 16.5.